The summed E-state index contributed by atoms with van der Waals surface area (Å²) in [5, 5.41) is 8.31. The van der Waals surface area contributed by atoms with Crippen LogP contribution in [0.25, 0.3) is 0 Å². The number of hydrogen-bond donors (Lipinski definition) is 1. The molecule has 0 fully saturated rings. The maximum atomic E-state index is 10.3. The molecule has 0 bridgehead atoms. The van der Waals surface area contributed by atoms with Crippen molar-refractivity contribution in [2.45, 2.75) is 33.3 Å². The van der Waals surface area contributed by atoms with E-state index in [1.165, 1.54) is 0 Å². The van der Waals surface area contributed by atoms with E-state index in [0.29, 0.717) is 6.42 Å². The molecule has 1 unspecified atom stereocenters. The van der Waals surface area contributed by atoms with Crippen molar-refractivity contribution in [3.05, 3.63) is 0 Å². The lowest BCUT2D eigenvalue weighted by molar-refractivity contribution is -0.120. The molecular formula is C7H13ClO2. The van der Waals surface area contributed by atoms with Gasteiger partial charge in [-0.25, -0.2) is 0 Å². The number of carbonyl (C=O) groups excluding carboxylic acids is 1. The first kappa shape index (κ1) is 9.92. The Bertz CT molecular complexity index is 126. The van der Waals surface area contributed by atoms with Crippen LogP contribution >= 0.6 is 11.6 Å². The highest BCUT2D eigenvalue weighted by Gasteiger charge is 2.20. The summed E-state index contributed by atoms with van der Waals surface area (Å²) < 4.78 is 0. The Labute approximate surface area is 66.2 Å². The molecule has 3 heteroatoms. The van der Waals surface area contributed by atoms with Crippen molar-refractivity contribution in [1.82, 2.24) is 0 Å². The Morgan fingerprint density at radius 1 is 1.60 bits per heavy atom. The normalized spacial score (nSPS) is 14.9. The van der Waals surface area contributed by atoms with E-state index in [2.05, 4.69) is 0 Å². The van der Waals surface area contributed by atoms with E-state index >= 15 is 0 Å². The summed E-state index contributed by atoms with van der Waals surface area (Å²) in [6.45, 7) is 5.82. The van der Waals surface area contributed by atoms with Crippen LogP contribution in [-0.2, 0) is 4.79 Å². The summed E-state index contributed by atoms with van der Waals surface area (Å²) >= 11 is 5.05. The van der Waals surface area contributed by atoms with Crippen molar-refractivity contribution >= 4 is 16.8 Å². The van der Waals surface area contributed by atoms with Crippen LogP contribution in [0.4, 0.5) is 0 Å². The summed E-state index contributed by atoms with van der Waals surface area (Å²) in [6.07, 6.45) is -0.600. The third kappa shape index (κ3) is 4.77. The molecule has 60 valence electrons. The van der Waals surface area contributed by atoms with E-state index in [4.69, 9.17) is 16.7 Å². The van der Waals surface area contributed by atoms with Crippen LogP contribution in [0.2, 0.25) is 0 Å². The highest BCUT2D eigenvalue weighted by atomic mass is 35.5. The van der Waals surface area contributed by atoms with Crippen molar-refractivity contribution in [3.63, 3.8) is 0 Å². The highest BCUT2D eigenvalue weighted by Crippen LogP contribution is 2.21. The molecule has 10 heavy (non-hydrogen) atoms. The van der Waals surface area contributed by atoms with Crippen molar-refractivity contribution in [3.8, 4) is 0 Å². The fourth-order valence-electron chi connectivity index (χ4n) is 0.660. The number of halogens is 1. The lowest BCUT2D eigenvalue weighted by Crippen LogP contribution is -2.22. The molecule has 0 aliphatic carbocycles. The van der Waals surface area contributed by atoms with Gasteiger partial charge in [-0.2, -0.15) is 0 Å². The standard InChI is InChI=1S/C7H13ClO2/c1-7(2,3)4-5(9)6(8)10/h5,9H,4H2,1-3H3. The lowest BCUT2D eigenvalue weighted by Gasteiger charge is -2.19. The predicted molar refractivity (Wildman–Crippen MR) is 40.9 cm³/mol. The van der Waals surface area contributed by atoms with Gasteiger partial charge in [0.25, 0.3) is 0 Å². The van der Waals surface area contributed by atoms with Gasteiger partial charge < -0.3 is 5.11 Å². The average Bonchev–Trinajstić information content (AvgIpc) is 1.60. The van der Waals surface area contributed by atoms with Gasteiger partial charge in [-0.15, -0.1) is 0 Å². The van der Waals surface area contributed by atoms with Crippen LogP contribution in [0.3, 0.4) is 0 Å². The molecule has 1 N–H and O–H groups in total. The Hall–Kier alpha value is -0.0800. The Balaban J connectivity index is 3.80. The first-order valence-corrected chi connectivity index (χ1v) is 3.58. The molecule has 0 spiro atoms. The zero-order chi connectivity index (χ0) is 8.36. The third-order valence-corrected chi connectivity index (χ3v) is 1.32. The maximum absolute atomic E-state index is 10.3. The van der Waals surface area contributed by atoms with E-state index in [1.54, 1.807) is 0 Å². The number of rotatable bonds is 2. The summed E-state index contributed by atoms with van der Waals surface area (Å²) in [5.41, 5.74) is -0.0516. The van der Waals surface area contributed by atoms with Gasteiger partial charge in [0.2, 0.25) is 5.24 Å². The largest absolute Gasteiger partial charge is 0.384 e. The fraction of sp³-hybridized carbons (Fsp3) is 0.857. The second-order valence-electron chi connectivity index (χ2n) is 3.58. The van der Waals surface area contributed by atoms with Crippen molar-refractivity contribution < 1.29 is 9.90 Å². The van der Waals surface area contributed by atoms with Gasteiger partial charge in [-0.1, -0.05) is 20.8 Å². The molecule has 0 saturated heterocycles. The molecule has 0 aromatic rings. The van der Waals surface area contributed by atoms with E-state index in [-0.39, 0.29) is 5.41 Å². The molecule has 0 amide bonds. The molecule has 0 radical (unpaired) electrons. The third-order valence-electron chi connectivity index (χ3n) is 1.07. The average molecular weight is 165 g/mol. The molecule has 0 saturated carbocycles. The van der Waals surface area contributed by atoms with Gasteiger partial charge in [0, 0.05) is 0 Å². The SMILES string of the molecule is CC(C)(C)CC(O)C(=O)Cl. The zero-order valence-corrected chi connectivity index (χ0v) is 7.27. The van der Waals surface area contributed by atoms with Crippen LogP contribution in [-0.4, -0.2) is 16.5 Å². The molecule has 0 aromatic carbocycles. The minimum Gasteiger partial charge on any atom is -0.384 e. The number of carbonyl (C=O) groups is 1. The van der Waals surface area contributed by atoms with Crippen molar-refractivity contribution in [2.75, 3.05) is 0 Å². The molecule has 0 aliphatic rings. The molecule has 0 heterocycles. The summed E-state index contributed by atoms with van der Waals surface area (Å²) in [4.78, 5) is 10.3. The smallest absolute Gasteiger partial charge is 0.250 e. The molecule has 1 atom stereocenters. The molecule has 0 rings (SSSR count). The predicted octanol–water partition coefficient (Wildman–Crippen LogP) is 1.55. The van der Waals surface area contributed by atoms with E-state index in [9.17, 15) is 4.79 Å². The number of aliphatic hydroxyl groups is 1. The number of aliphatic hydroxyl groups excluding tert-OH is 1. The molecule has 0 aliphatic heterocycles. The van der Waals surface area contributed by atoms with Gasteiger partial charge in [0.05, 0.1) is 0 Å². The van der Waals surface area contributed by atoms with Gasteiger partial charge in [0.1, 0.15) is 6.10 Å². The second-order valence-corrected chi connectivity index (χ2v) is 3.96. The van der Waals surface area contributed by atoms with Crippen LogP contribution in [0.1, 0.15) is 27.2 Å². The maximum Gasteiger partial charge on any atom is 0.250 e. The highest BCUT2D eigenvalue weighted by molar-refractivity contribution is 6.64. The Kier molecular flexibility index (Phi) is 3.33. The molecular weight excluding hydrogens is 152 g/mol. The monoisotopic (exact) mass is 164 g/mol. The van der Waals surface area contributed by atoms with Crippen LogP contribution < -0.4 is 0 Å². The summed E-state index contributed by atoms with van der Waals surface area (Å²) in [6, 6.07) is 0. The van der Waals surface area contributed by atoms with Gasteiger partial charge in [-0.05, 0) is 23.4 Å². The second kappa shape index (κ2) is 3.35. The zero-order valence-electron chi connectivity index (χ0n) is 6.52. The minimum absolute atomic E-state index is 0.0516. The summed E-state index contributed by atoms with van der Waals surface area (Å²) in [5.74, 6) is 0. The first-order chi connectivity index (χ1) is 4.33. The summed E-state index contributed by atoms with van der Waals surface area (Å²) in [7, 11) is 0. The van der Waals surface area contributed by atoms with Gasteiger partial charge >= 0.3 is 0 Å². The topological polar surface area (TPSA) is 37.3 Å². The molecule has 0 aromatic heterocycles. The van der Waals surface area contributed by atoms with Crippen LogP contribution in [0.5, 0.6) is 0 Å². The van der Waals surface area contributed by atoms with Crippen molar-refractivity contribution in [2.24, 2.45) is 5.41 Å². The number of hydrogen-bond acceptors (Lipinski definition) is 2. The van der Waals surface area contributed by atoms with E-state index in [0.717, 1.165) is 0 Å². The minimum atomic E-state index is -1.01. The van der Waals surface area contributed by atoms with E-state index in [1.807, 2.05) is 20.8 Å². The van der Waals surface area contributed by atoms with Crippen LogP contribution in [0, 0.1) is 5.41 Å². The van der Waals surface area contributed by atoms with Gasteiger partial charge in [-0.3, -0.25) is 4.79 Å². The van der Waals surface area contributed by atoms with E-state index < -0.39 is 11.3 Å². The fourth-order valence-corrected chi connectivity index (χ4v) is 0.737. The van der Waals surface area contributed by atoms with Gasteiger partial charge in [0.15, 0.2) is 0 Å². The molecule has 2 nitrogen and oxygen atoms in total. The Morgan fingerprint density at radius 3 is 2.10 bits per heavy atom. The Morgan fingerprint density at radius 2 is 2.00 bits per heavy atom. The van der Waals surface area contributed by atoms with Crippen LogP contribution in [0.15, 0.2) is 0 Å². The lowest BCUT2D eigenvalue weighted by atomic mass is 9.90. The quantitative estimate of drug-likeness (QED) is 0.629. The first-order valence-electron chi connectivity index (χ1n) is 3.20. The van der Waals surface area contributed by atoms with Crippen molar-refractivity contribution in [1.29, 1.82) is 0 Å².